The molecule has 1 aliphatic heterocycles. The molecule has 19 heavy (non-hydrogen) atoms. The lowest BCUT2D eigenvalue weighted by Gasteiger charge is -2.27. The van der Waals surface area contributed by atoms with Crippen molar-refractivity contribution in [1.29, 1.82) is 0 Å². The number of aliphatic hydroxyl groups excluding tert-OH is 1. The third-order valence-corrected chi connectivity index (χ3v) is 5.74. The van der Waals surface area contributed by atoms with Crippen molar-refractivity contribution in [3.63, 3.8) is 0 Å². The first-order valence-corrected chi connectivity index (χ1v) is 7.79. The van der Waals surface area contributed by atoms with Gasteiger partial charge in [-0.25, -0.2) is 0 Å². The van der Waals surface area contributed by atoms with Gasteiger partial charge in [0.25, 0.3) is 0 Å². The van der Waals surface area contributed by atoms with Crippen LogP contribution in [0, 0.1) is 16.7 Å². The predicted molar refractivity (Wildman–Crippen MR) is 73.6 cm³/mol. The van der Waals surface area contributed by atoms with Gasteiger partial charge in [-0.15, -0.1) is 0 Å². The van der Waals surface area contributed by atoms with E-state index < -0.39 is 0 Å². The largest absolute Gasteiger partial charge is 0.396 e. The lowest BCUT2D eigenvalue weighted by atomic mass is 9.87. The molecule has 0 bridgehead atoms. The molecule has 0 unspecified atom stereocenters. The van der Waals surface area contributed by atoms with Crippen LogP contribution in [0.2, 0.25) is 0 Å². The fraction of sp³-hybridized carbons (Fsp3) is 0.933. The average Bonchev–Trinajstić information content (AvgIpc) is 2.93. The molecule has 108 valence electrons. The van der Waals surface area contributed by atoms with Crippen LogP contribution in [0.4, 0.5) is 0 Å². The van der Waals surface area contributed by atoms with Crippen molar-refractivity contribution in [1.82, 2.24) is 10.6 Å². The normalized spacial score (nSPS) is 31.3. The van der Waals surface area contributed by atoms with Gasteiger partial charge in [0.2, 0.25) is 5.91 Å². The van der Waals surface area contributed by atoms with Gasteiger partial charge in [-0.3, -0.25) is 4.79 Å². The minimum Gasteiger partial charge on any atom is -0.396 e. The molecule has 1 amide bonds. The first-order chi connectivity index (χ1) is 9.20. The summed E-state index contributed by atoms with van der Waals surface area (Å²) >= 11 is 0. The van der Waals surface area contributed by atoms with Crippen LogP contribution < -0.4 is 10.6 Å². The van der Waals surface area contributed by atoms with E-state index in [0.717, 1.165) is 45.2 Å². The van der Waals surface area contributed by atoms with Crippen LogP contribution in [0.5, 0.6) is 0 Å². The van der Waals surface area contributed by atoms with Crippen LogP contribution in [0.3, 0.4) is 0 Å². The summed E-state index contributed by atoms with van der Waals surface area (Å²) in [4.78, 5) is 12.3. The van der Waals surface area contributed by atoms with E-state index >= 15 is 0 Å². The van der Waals surface area contributed by atoms with Crippen LogP contribution in [0.25, 0.3) is 0 Å². The summed E-state index contributed by atoms with van der Waals surface area (Å²) in [6, 6.07) is 0. The number of carbonyl (C=O) groups excluding carboxylic acids is 1. The van der Waals surface area contributed by atoms with Gasteiger partial charge < -0.3 is 15.7 Å². The molecule has 3 rings (SSSR count). The Morgan fingerprint density at radius 1 is 1.21 bits per heavy atom. The number of hydrogen-bond donors (Lipinski definition) is 3. The third kappa shape index (κ3) is 2.52. The monoisotopic (exact) mass is 266 g/mol. The Labute approximate surface area is 115 Å². The first-order valence-electron chi connectivity index (χ1n) is 7.79. The lowest BCUT2D eigenvalue weighted by Crippen LogP contribution is -2.40. The van der Waals surface area contributed by atoms with Crippen molar-refractivity contribution >= 4 is 5.91 Å². The highest BCUT2D eigenvalue weighted by molar-refractivity contribution is 5.82. The van der Waals surface area contributed by atoms with Crippen molar-refractivity contribution in [2.45, 2.75) is 44.9 Å². The maximum absolute atomic E-state index is 12.3. The van der Waals surface area contributed by atoms with Gasteiger partial charge in [0.15, 0.2) is 0 Å². The zero-order valence-electron chi connectivity index (χ0n) is 11.7. The smallest absolute Gasteiger partial charge is 0.223 e. The summed E-state index contributed by atoms with van der Waals surface area (Å²) in [5.41, 5.74) is 0.295. The van der Waals surface area contributed by atoms with E-state index in [2.05, 4.69) is 10.6 Å². The molecule has 0 aromatic carbocycles. The minimum atomic E-state index is -0.0220. The Balaban J connectivity index is 1.50. The highest BCUT2D eigenvalue weighted by atomic mass is 16.3. The molecule has 0 aromatic rings. The molecule has 1 atom stereocenters. The van der Waals surface area contributed by atoms with Crippen LogP contribution in [0.1, 0.15) is 44.9 Å². The number of rotatable bonds is 4. The molecule has 1 saturated heterocycles. The summed E-state index contributed by atoms with van der Waals surface area (Å²) in [6.45, 7) is 3.01. The number of amides is 1. The van der Waals surface area contributed by atoms with E-state index in [0.29, 0.717) is 12.0 Å². The van der Waals surface area contributed by atoms with Crippen LogP contribution in [-0.2, 0) is 4.79 Å². The van der Waals surface area contributed by atoms with Crippen molar-refractivity contribution in [2.75, 3.05) is 26.2 Å². The Kier molecular flexibility index (Phi) is 3.56. The van der Waals surface area contributed by atoms with E-state index in [1.54, 1.807) is 0 Å². The molecule has 2 aliphatic carbocycles. The molecule has 3 N–H and O–H groups in total. The quantitative estimate of drug-likeness (QED) is 0.712. The fourth-order valence-corrected chi connectivity index (χ4v) is 4.11. The maximum atomic E-state index is 12.3. The summed E-state index contributed by atoms with van der Waals surface area (Å²) < 4.78 is 0. The van der Waals surface area contributed by atoms with E-state index in [1.165, 1.54) is 12.8 Å². The Morgan fingerprint density at radius 2 is 1.89 bits per heavy atom. The standard InChI is InChI=1S/C15H26N2O2/c18-11-14(3-1-2-4-14)10-17-13(19)12-9-15(12)5-7-16-8-6-15/h12,16,18H,1-11H2,(H,17,19)/t12-/m1/s1. The molecular formula is C15H26N2O2. The van der Waals surface area contributed by atoms with Crippen molar-refractivity contribution in [2.24, 2.45) is 16.7 Å². The topological polar surface area (TPSA) is 61.4 Å². The van der Waals surface area contributed by atoms with Crippen LogP contribution in [0.15, 0.2) is 0 Å². The zero-order chi connectivity index (χ0) is 13.3. The van der Waals surface area contributed by atoms with Gasteiger partial charge in [-0.2, -0.15) is 0 Å². The van der Waals surface area contributed by atoms with Gasteiger partial charge in [0.05, 0.1) is 6.61 Å². The molecule has 1 heterocycles. The fourth-order valence-electron chi connectivity index (χ4n) is 4.11. The number of aliphatic hydroxyl groups is 1. The Bertz CT molecular complexity index is 344. The van der Waals surface area contributed by atoms with Gasteiger partial charge in [-0.1, -0.05) is 12.8 Å². The first kappa shape index (κ1) is 13.4. The van der Waals surface area contributed by atoms with Gasteiger partial charge in [0, 0.05) is 17.9 Å². The van der Waals surface area contributed by atoms with Crippen molar-refractivity contribution < 1.29 is 9.90 Å². The maximum Gasteiger partial charge on any atom is 0.223 e. The van der Waals surface area contributed by atoms with Gasteiger partial charge in [-0.05, 0) is 50.6 Å². The predicted octanol–water partition coefficient (Wildman–Crippen LogP) is 1.04. The number of piperidine rings is 1. The second-order valence-electron chi connectivity index (χ2n) is 6.95. The van der Waals surface area contributed by atoms with Crippen LogP contribution >= 0.6 is 0 Å². The Hall–Kier alpha value is -0.610. The second-order valence-corrected chi connectivity index (χ2v) is 6.95. The van der Waals surface area contributed by atoms with E-state index in [9.17, 15) is 9.90 Å². The number of carbonyl (C=O) groups is 1. The summed E-state index contributed by atoms with van der Waals surface area (Å²) in [5.74, 6) is 0.480. The van der Waals surface area contributed by atoms with E-state index in [-0.39, 0.29) is 23.8 Å². The molecule has 4 heteroatoms. The SMILES string of the molecule is O=C(NCC1(CO)CCCC1)[C@H]1CC12CCNCC2. The minimum absolute atomic E-state index is 0.0220. The third-order valence-electron chi connectivity index (χ3n) is 5.74. The number of hydrogen-bond acceptors (Lipinski definition) is 3. The van der Waals surface area contributed by atoms with Gasteiger partial charge >= 0.3 is 0 Å². The molecule has 4 nitrogen and oxygen atoms in total. The molecule has 0 aromatic heterocycles. The van der Waals surface area contributed by atoms with Crippen LogP contribution in [-0.4, -0.2) is 37.3 Å². The average molecular weight is 266 g/mol. The highest BCUT2D eigenvalue weighted by Gasteiger charge is 2.57. The molecule has 3 aliphatic rings. The Morgan fingerprint density at radius 3 is 2.53 bits per heavy atom. The zero-order valence-corrected chi connectivity index (χ0v) is 11.7. The number of nitrogens with one attached hydrogen (secondary N) is 2. The molecule has 2 saturated carbocycles. The summed E-state index contributed by atoms with van der Waals surface area (Å²) in [6.07, 6.45) is 7.87. The molecular weight excluding hydrogens is 240 g/mol. The van der Waals surface area contributed by atoms with Gasteiger partial charge in [0.1, 0.15) is 0 Å². The summed E-state index contributed by atoms with van der Waals surface area (Å²) in [7, 11) is 0. The van der Waals surface area contributed by atoms with Crippen molar-refractivity contribution in [3.8, 4) is 0 Å². The second kappa shape index (κ2) is 5.06. The molecule has 1 spiro atoms. The molecule has 0 radical (unpaired) electrons. The molecule has 3 fully saturated rings. The lowest BCUT2D eigenvalue weighted by molar-refractivity contribution is -0.124. The van der Waals surface area contributed by atoms with E-state index in [1.807, 2.05) is 0 Å². The van der Waals surface area contributed by atoms with Crippen molar-refractivity contribution in [3.05, 3.63) is 0 Å². The summed E-state index contributed by atoms with van der Waals surface area (Å²) in [5, 5.41) is 16.1. The highest BCUT2D eigenvalue weighted by Crippen LogP contribution is 2.58. The van der Waals surface area contributed by atoms with E-state index in [4.69, 9.17) is 0 Å².